The topological polar surface area (TPSA) is 109 Å². The van der Waals surface area contributed by atoms with E-state index in [4.69, 9.17) is 0 Å². The van der Waals surface area contributed by atoms with E-state index in [0.717, 1.165) is 44.2 Å². The lowest BCUT2D eigenvalue weighted by atomic mass is 10.0. The van der Waals surface area contributed by atoms with E-state index in [1.165, 1.54) is 38.4 Å². The van der Waals surface area contributed by atoms with Crippen LogP contribution < -0.4 is 16.8 Å². The lowest BCUT2D eigenvalue weighted by Crippen LogP contribution is -2.40. The van der Waals surface area contributed by atoms with Crippen molar-refractivity contribution >= 4 is 16.7 Å². The highest BCUT2D eigenvalue weighted by Gasteiger charge is 2.26. The minimum absolute atomic E-state index is 0.0526. The van der Waals surface area contributed by atoms with Crippen LogP contribution in [0.25, 0.3) is 16.7 Å². The van der Waals surface area contributed by atoms with Gasteiger partial charge in [-0.25, -0.2) is 13.8 Å². The summed E-state index contributed by atoms with van der Waals surface area (Å²) in [6.45, 7) is 0. The Kier molecular flexibility index (Phi) is 5.42. The van der Waals surface area contributed by atoms with E-state index in [9.17, 15) is 28.9 Å². The second-order valence-electron chi connectivity index (χ2n) is 8.92. The van der Waals surface area contributed by atoms with E-state index in [2.05, 4.69) is 0 Å². The normalized spacial score (nSPS) is 13.3. The molecule has 2 heterocycles. The summed E-state index contributed by atoms with van der Waals surface area (Å²) in [5.74, 6) is -1.52. The number of halogens is 2. The highest BCUT2D eigenvalue weighted by Crippen LogP contribution is 2.40. The average Bonchev–Trinajstić information content (AvgIpc) is 3.68. The second kappa shape index (κ2) is 8.36. The number of nitro groups is 1. The number of hydrogen-bond donors (Lipinski definition) is 0. The van der Waals surface area contributed by atoms with Gasteiger partial charge in [0.1, 0.15) is 11.5 Å². The van der Waals surface area contributed by atoms with Gasteiger partial charge in [0.2, 0.25) is 5.82 Å². The third kappa shape index (κ3) is 3.63. The van der Waals surface area contributed by atoms with Crippen molar-refractivity contribution in [3.05, 3.63) is 112 Å². The Morgan fingerprint density at radius 2 is 1.72 bits per heavy atom. The van der Waals surface area contributed by atoms with Gasteiger partial charge in [-0.1, -0.05) is 18.2 Å². The van der Waals surface area contributed by atoms with Gasteiger partial charge in [-0.05, 0) is 47.6 Å². The lowest BCUT2D eigenvalue weighted by Gasteiger charge is -2.18. The fraction of sp³-hybridized carbons (Fsp3) is 0.240. The Hall–Kier alpha value is -4.41. The molecule has 0 atom stereocenters. The van der Waals surface area contributed by atoms with Crippen molar-refractivity contribution in [1.82, 2.24) is 13.7 Å². The number of pyridine rings is 1. The van der Waals surface area contributed by atoms with Crippen LogP contribution in [0.15, 0.2) is 56.8 Å². The summed E-state index contributed by atoms with van der Waals surface area (Å²) < 4.78 is 32.9. The van der Waals surface area contributed by atoms with E-state index in [0.29, 0.717) is 0 Å². The molecule has 1 saturated carbocycles. The maximum absolute atomic E-state index is 15.3. The number of aromatic nitrogens is 3. The van der Waals surface area contributed by atoms with Gasteiger partial charge < -0.3 is 0 Å². The number of aryl methyl sites for hydroxylation is 1. The van der Waals surface area contributed by atoms with Gasteiger partial charge in [-0.3, -0.25) is 28.8 Å². The van der Waals surface area contributed by atoms with Crippen molar-refractivity contribution in [3.8, 4) is 5.69 Å². The zero-order valence-corrected chi connectivity index (χ0v) is 19.3. The summed E-state index contributed by atoms with van der Waals surface area (Å²) in [5.41, 5.74) is -2.56. The Morgan fingerprint density at radius 3 is 2.36 bits per heavy atom. The van der Waals surface area contributed by atoms with Crippen LogP contribution in [0.5, 0.6) is 0 Å². The second-order valence-corrected chi connectivity index (χ2v) is 8.92. The largest absolute Gasteiger partial charge is 0.337 e. The summed E-state index contributed by atoms with van der Waals surface area (Å²) in [6, 6.07) is 9.21. The molecule has 5 rings (SSSR count). The van der Waals surface area contributed by atoms with Crippen molar-refractivity contribution in [2.24, 2.45) is 14.1 Å². The molecule has 184 valence electrons. The molecular formula is C25H20F2N4O5. The van der Waals surface area contributed by atoms with E-state index >= 15 is 4.39 Å². The molecule has 1 fully saturated rings. The zero-order chi connectivity index (χ0) is 25.9. The summed E-state index contributed by atoms with van der Waals surface area (Å²) in [5, 5.41) is 11.1. The first-order valence-corrected chi connectivity index (χ1v) is 11.2. The fourth-order valence-corrected chi connectivity index (χ4v) is 4.50. The van der Waals surface area contributed by atoms with Gasteiger partial charge in [-0.15, -0.1) is 0 Å². The number of nitrogens with zero attached hydrogens (tertiary/aromatic N) is 4. The van der Waals surface area contributed by atoms with Gasteiger partial charge in [0, 0.05) is 32.6 Å². The quantitative estimate of drug-likeness (QED) is 0.313. The monoisotopic (exact) mass is 494 g/mol. The number of nitro benzene ring substituents is 1. The first-order chi connectivity index (χ1) is 17.1. The maximum Gasteiger partial charge on any atom is 0.337 e. The molecule has 2 aromatic heterocycles. The molecular weight excluding hydrogens is 474 g/mol. The predicted molar refractivity (Wildman–Crippen MR) is 128 cm³/mol. The molecule has 0 spiro atoms. The number of rotatable bonds is 5. The molecule has 0 amide bonds. The molecule has 1 aliphatic rings. The molecule has 0 bridgehead atoms. The highest BCUT2D eigenvalue weighted by atomic mass is 19.1. The molecule has 36 heavy (non-hydrogen) atoms. The summed E-state index contributed by atoms with van der Waals surface area (Å²) in [6.07, 6.45) is 1.57. The highest BCUT2D eigenvalue weighted by molar-refractivity contribution is 5.80. The number of benzene rings is 2. The van der Waals surface area contributed by atoms with Crippen LogP contribution in [0.2, 0.25) is 0 Å². The third-order valence-corrected chi connectivity index (χ3v) is 6.60. The van der Waals surface area contributed by atoms with Crippen molar-refractivity contribution in [2.45, 2.75) is 25.2 Å². The van der Waals surface area contributed by atoms with Crippen LogP contribution in [0.1, 0.15) is 35.4 Å². The molecule has 1 aliphatic carbocycles. The molecule has 11 heteroatoms. The Balaban J connectivity index is 1.82. The predicted octanol–water partition coefficient (Wildman–Crippen LogP) is 3.04. The average molecular weight is 494 g/mol. The van der Waals surface area contributed by atoms with Crippen molar-refractivity contribution in [1.29, 1.82) is 0 Å². The number of fused-ring (bicyclic) bond motifs is 1. The Bertz CT molecular complexity index is 1770. The molecule has 0 saturated heterocycles. The smallest absolute Gasteiger partial charge is 0.297 e. The maximum atomic E-state index is 15.3. The molecule has 0 N–H and O–H groups in total. The molecule has 0 unspecified atom stereocenters. The molecule has 4 aromatic rings. The first-order valence-electron chi connectivity index (χ1n) is 11.2. The molecule has 0 aliphatic heterocycles. The third-order valence-electron chi connectivity index (χ3n) is 6.60. The van der Waals surface area contributed by atoms with E-state index in [1.54, 1.807) is 6.07 Å². The van der Waals surface area contributed by atoms with E-state index in [-0.39, 0.29) is 40.2 Å². The van der Waals surface area contributed by atoms with Crippen molar-refractivity contribution < 1.29 is 13.7 Å². The summed E-state index contributed by atoms with van der Waals surface area (Å²) >= 11 is 0. The van der Waals surface area contributed by atoms with Crippen LogP contribution in [0.4, 0.5) is 14.5 Å². The van der Waals surface area contributed by atoms with Gasteiger partial charge >= 0.3 is 11.4 Å². The minimum atomic E-state index is -1.09. The SMILES string of the molecule is Cn1c(=O)c2c(Cc3cccc([N+](=O)[O-])c3F)cc(=O)n(C)c2n(-c2ccc(C3CC3)cc2F)c1=O. The van der Waals surface area contributed by atoms with Gasteiger partial charge in [0.05, 0.1) is 16.0 Å². The van der Waals surface area contributed by atoms with Crippen LogP contribution >= 0.6 is 0 Å². The molecule has 0 radical (unpaired) electrons. The summed E-state index contributed by atoms with van der Waals surface area (Å²) in [7, 11) is 2.56. The lowest BCUT2D eigenvalue weighted by molar-refractivity contribution is -0.387. The minimum Gasteiger partial charge on any atom is -0.297 e. The first kappa shape index (κ1) is 23.3. The van der Waals surface area contributed by atoms with Crippen LogP contribution in [-0.4, -0.2) is 18.6 Å². The standard InChI is InChI=1S/C25H20F2N4O5/c1-28-20(32)12-16(10-15-4-3-5-19(22(15)27)31(35)36)21-23(28)30(25(34)29(2)24(21)33)18-9-8-14(11-17(18)26)13-6-7-13/h3-5,8-9,11-13H,6-7,10H2,1-2H3. The zero-order valence-electron chi connectivity index (χ0n) is 19.3. The van der Waals surface area contributed by atoms with Crippen LogP contribution in [0.3, 0.4) is 0 Å². The van der Waals surface area contributed by atoms with Gasteiger partial charge in [0.25, 0.3) is 11.1 Å². The summed E-state index contributed by atoms with van der Waals surface area (Å²) in [4.78, 5) is 49.6. The van der Waals surface area contributed by atoms with E-state index in [1.807, 2.05) is 0 Å². The van der Waals surface area contributed by atoms with Crippen LogP contribution in [-0.2, 0) is 20.5 Å². The van der Waals surface area contributed by atoms with Crippen molar-refractivity contribution in [2.75, 3.05) is 0 Å². The fourth-order valence-electron chi connectivity index (χ4n) is 4.50. The molecule has 9 nitrogen and oxygen atoms in total. The molecule has 2 aromatic carbocycles. The van der Waals surface area contributed by atoms with Gasteiger partial charge in [-0.2, -0.15) is 4.39 Å². The Morgan fingerprint density at radius 1 is 1.00 bits per heavy atom. The van der Waals surface area contributed by atoms with Gasteiger partial charge in [0.15, 0.2) is 0 Å². The van der Waals surface area contributed by atoms with Crippen LogP contribution in [0, 0.1) is 21.7 Å². The number of hydrogen-bond acceptors (Lipinski definition) is 5. The Labute approximate surface area is 201 Å². The van der Waals surface area contributed by atoms with Crippen molar-refractivity contribution in [3.63, 3.8) is 0 Å². The van der Waals surface area contributed by atoms with E-state index < -0.39 is 39.1 Å².